The first kappa shape index (κ1) is 20.3. The summed E-state index contributed by atoms with van der Waals surface area (Å²) in [5.41, 5.74) is 3.92. The predicted octanol–water partition coefficient (Wildman–Crippen LogP) is 4.47. The summed E-state index contributed by atoms with van der Waals surface area (Å²) in [6.45, 7) is 9.02. The van der Waals surface area contributed by atoms with E-state index in [0.29, 0.717) is 19.7 Å². The lowest BCUT2D eigenvalue weighted by Gasteiger charge is -2.29. The molecule has 0 N–H and O–H groups in total. The molecule has 1 aliphatic heterocycles. The largest absolute Gasteiger partial charge is 0.597 e. The number of rotatable bonds is 4. The molecule has 27 heavy (non-hydrogen) atoms. The molecule has 0 unspecified atom stereocenters. The van der Waals surface area contributed by atoms with Gasteiger partial charge in [0.2, 0.25) is 0 Å². The van der Waals surface area contributed by atoms with Crippen molar-refractivity contribution in [2.75, 3.05) is 6.61 Å². The zero-order valence-electron chi connectivity index (χ0n) is 15.9. The molecule has 7 heteroatoms. The van der Waals surface area contributed by atoms with Crippen LogP contribution >= 0.6 is 15.9 Å². The van der Waals surface area contributed by atoms with Gasteiger partial charge >= 0.3 is 5.97 Å². The minimum atomic E-state index is -1.15. The Balaban J connectivity index is 2.07. The third-order valence-corrected chi connectivity index (χ3v) is 6.51. The number of hydrogen-bond acceptors (Lipinski definition) is 5. The van der Waals surface area contributed by atoms with Crippen LogP contribution in [0.3, 0.4) is 0 Å². The molecular formula is C20H23BrN2O3S. The molecule has 0 radical (unpaired) electrons. The molecule has 5 nitrogen and oxygen atoms in total. The highest BCUT2D eigenvalue weighted by Crippen LogP contribution is 2.36. The lowest BCUT2D eigenvalue weighted by Crippen LogP contribution is -2.40. The van der Waals surface area contributed by atoms with E-state index in [2.05, 4.69) is 20.9 Å². The van der Waals surface area contributed by atoms with Gasteiger partial charge in [0.15, 0.2) is 0 Å². The standard InChI is InChI=1S/C20H23BrN2O3S/c1-5-26-19(24)17-10-14-11-23(27(25)20(2,3)4)12-16(14)18(22-17)13-7-6-8-15(21)9-13/h6-10H,5,11-12H2,1-4H3/t27-/m1/s1. The Hall–Kier alpha value is -1.41. The Morgan fingerprint density at radius 1 is 1.33 bits per heavy atom. The van der Waals surface area contributed by atoms with Crippen LogP contribution in [0, 0.1) is 0 Å². The molecule has 144 valence electrons. The summed E-state index contributed by atoms with van der Waals surface area (Å²) < 4.78 is 20.5. The number of hydrogen-bond donors (Lipinski definition) is 0. The third kappa shape index (κ3) is 4.37. The van der Waals surface area contributed by atoms with Crippen LogP contribution in [0.1, 0.15) is 49.3 Å². The molecule has 3 rings (SSSR count). The first-order valence-electron chi connectivity index (χ1n) is 8.83. The van der Waals surface area contributed by atoms with Gasteiger partial charge in [0.05, 0.1) is 25.4 Å². The number of pyridine rings is 1. The maximum atomic E-state index is 12.9. The summed E-state index contributed by atoms with van der Waals surface area (Å²) in [5, 5.41) is 0. The van der Waals surface area contributed by atoms with Crippen LogP contribution in [-0.4, -0.2) is 31.2 Å². The molecule has 0 bridgehead atoms. The molecule has 1 aromatic heterocycles. The minimum Gasteiger partial charge on any atom is -0.597 e. The lowest BCUT2D eigenvalue weighted by molar-refractivity contribution is 0.0519. The SMILES string of the molecule is CCOC(=O)c1cc2c(c(-c3cccc(Br)c3)n1)CN([S@+]([O-])C(C)(C)C)C2. The van der Waals surface area contributed by atoms with E-state index < -0.39 is 17.3 Å². The van der Waals surface area contributed by atoms with Crippen molar-refractivity contribution in [2.24, 2.45) is 0 Å². The van der Waals surface area contributed by atoms with Crippen molar-refractivity contribution in [3.63, 3.8) is 0 Å². The first-order chi connectivity index (χ1) is 12.7. The Labute approximate surface area is 171 Å². The fourth-order valence-electron chi connectivity index (χ4n) is 3.05. The molecule has 0 spiro atoms. The number of ether oxygens (including phenoxy) is 1. The van der Waals surface area contributed by atoms with Crippen LogP contribution < -0.4 is 0 Å². The van der Waals surface area contributed by atoms with Gasteiger partial charge in [-0.15, -0.1) is 4.31 Å². The molecule has 0 fully saturated rings. The van der Waals surface area contributed by atoms with Gasteiger partial charge in [0, 0.05) is 27.0 Å². The summed E-state index contributed by atoms with van der Waals surface area (Å²) in [6.07, 6.45) is 0. The highest BCUT2D eigenvalue weighted by molar-refractivity contribution is 9.10. The van der Waals surface area contributed by atoms with E-state index in [9.17, 15) is 9.35 Å². The smallest absolute Gasteiger partial charge is 0.356 e. The van der Waals surface area contributed by atoms with Gasteiger partial charge < -0.3 is 9.29 Å². The van der Waals surface area contributed by atoms with Crippen LogP contribution in [-0.2, 0) is 29.2 Å². The molecule has 1 atom stereocenters. The Morgan fingerprint density at radius 2 is 2.07 bits per heavy atom. The van der Waals surface area contributed by atoms with Crippen molar-refractivity contribution >= 4 is 33.3 Å². The number of carbonyl (C=O) groups excluding carboxylic acids is 1. The fraction of sp³-hybridized carbons (Fsp3) is 0.400. The molecule has 0 saturated heterocycles. The summed E-state index contributed by atoms with van der Waals surface area (Å²) in [4.78, 5) is 16.9. The third-order valence-electron chi connectivity index (χ3n) is 4.24. The van der Waals surface area contributed by atoms with Crippen LogP contribution in [0.4, 0.5) is 0 Å². The van der Waals surface area contributed by atoms with Crippen LogP contribution in [0.2, 0.25) is 0 Å². The number of fused-ring (bicyclic) bond motifs is 1. The van der Waals surface area contributed by atoms with Gasteiger partial charge in [-0.3, -0.25) is 0 Å². The fourth-order valence-corrected chi connectivity index (χ4v) is 4.73. The van der Waals surface area contributed by atoms with Crippen molar-refractivity contribution in [3.8, 4) is 11.3 Å². The average Bonchev–Trinajstić information content (AvgIpc) is 3.03. The molecule has 0 saturated carbocycles. The second-order valence-electron chi connectivity index (χ2n) is 7.38. The van der Waals surface area contributed by atoms with Crippen molar-refractivity contribution in [1.82, 2.24) is 9.29 Å². The van der Waals surface area contributed by atoms with Gasteiger partial charge in [-0.1, -0.05) is 28.1 Å². The first-order valence-corrected chi connectivity index (χ1v) is 10.7. The molecule has 0 aliphatic carbocycles. The Kier molecular flexibility index (Phi) is 5.96. The molecular weight excluding hydrogens is 428 g/mol. The zero-order valence-corrected chi connectivity index (χ0v) is 18.3. The van der Waals surface area contributed by atoms with Crippen LogP contribution in [0.15, 0.2) is 34.8 Å². The molecule has 1 aromatic carbocycles. The summed E-state index contributed by atoms with van der Waals surface area (Å²) in [7, 11) is 0. The van der Waals surface area contributed by atoms with E-state index in [4.69, 9.17) is 4.74 Å². The Morgan fingerprint density at radius 3 is 2.70 bits per heavy atom. The summed E-state index contributed by atoms with van der Waals surface area (Å²) >= 11 is 2.35. The van der Waals surface area contributed by atoms with E-state index in [1.54, 1.807) is 13.0 Å². The minimum absolute atomic E-state index is 0.286. The quantitative estimate of drug-likeness (QED) is 0.507. The second kappa shape index (κ2) is 7.91. The highest BCUT2D eigenvalue weighted by Gasteiger charge is 2.38. The maximum absolute atomic E-state index is 12.9. The summed E-state index contributed by atoms with van der Waals surface area (Å²) in [6, 6.07) is 9.59. The van der Waals surface area contributed by atoms with Gasteiger partial charge in [0.1, 0.15) is 10.4 Å². The zero-order chi connectivity index (χ0) is 19.8. The van der Waals surface area contributed by atoms with Crippen molar-refractivity contribution < 1.29 is 14.1 Å². The monoisotopic (exact) mass is 450 g/mol. The molecule has 1 aliphatic rings. The van der Waals surface area contributed by atoms with E-state index in [-0.39, 0.29) is 10.4 Å². The van der Waals surface area contributed by atoms with E-state index in [1.807, 2.05) is 49.3 Å². The van der Waals surface area contributed by atoms with Crippen LogP contribution in [0.25, 0.3) is 11.3 Å². The summed E-state index contributed by atoms with van der Waals surface area (Å²) in [5.74, 6) is -0.438. The Bertz CT molecular complexity index is 867. The van der Waals surface area contributed by atoms with Gasteiger partial charge in [0.25, 0.3) is 0 Å². The maximum Gasteiger partial charge on any atom is 0.356 e. The molecule has 2 heterocycles. The number of esters is 1. The van der Waals surface area contributed by atoms with Gasteiger partial charge in [-0.2, -0.15) is 0 Å². The average molecular weight is 451 g/mol. The van der Waals surface area contributed by atoms with E-state index >= 15 is 0 Å². The normalized spacial score (nSPS) is 15.5. The second-order valence-corrected chi connectivity index (χ2v) is 10.5. The number of carbonyl (C=O) groups is 1. The van der Waals surface area contributed by atoms with Crippen LogP contribution in [0.5, 0.6) is 0 Å². The predicted molar refractivity (Wildman–Crippen MR) is 110 cm³/mol. The van der Waals surface area contributed by atoms with Gasteiger partial charge in [-0.25, -0.2) is 9.78 Å². The number of halogens is 1. The molecule has 2 aromatic rings. The number of aromatic nitrogens is 1. The lowest BCUT2D eigenvalue weighted by atomic mass is 10.0. The molecule has 0 amide bonds. The van der Waals surface area contributed by atoms with Gasteiger partial charge in [-0.05, 0) is 51.5 Å². The van der Waals surface area contributed by atoms with Crippen molar-refractivity contribution in [3.05, 3.63) is 51.6 Å². The van der Waals surface area contributed by atoms with E-state index in [0.717, 1.165) is 26.9 Å². The topological polar surface area (TPSA) is 65.5 Å². The van der Waals surface area contributed by atoms with E-state index in [1.165, 1.54) is 0 Å². The van der Waals surface area contributed by atoms with Crippen molar-refractivity contribution in [1.29, 1.82) is 0 Å². The number of nitrogens with zero attached hydrogens (tertiary/aromatic N) is 2. The highest BCUT2D eigenvalue weighted by atomic mass is 79.9. The number of benzene rings is 1. The van der Waals surface area contributed by atoms with Crippen molar-refractivity contribution in [2.45, 2.75) is 45.5 Å².